The van der Waals surface area contributed by atoms with Gasteiger partial charge in [0.15, 0.2) is 0 Å². The largest absolute Gasteiger partial charge is 0.477 e. The summed E-state index contributed by atoms with van der Waals surface area (Å²) in [5.74, 6) is -0.878. The van der Waals surface area contributed by atoms with Crippen molar-refractivity contribution in [2.24, 2.45) is 0 Å². The van der Waals surface area contributed by atoms with E-state index in [-0.39, 0.29) is 3.78 Å². The lowest BCUT2D eigenvalue weighted by molar-refractivity contribution is -0.131. The molecular weight excluding hydrogens is 230 g/mol. The molecule has 0 spiro atoms. The molecule has 5 heteroatoms. The first-order valence-electron chi connectivity index (χ1n) is 3.16. The maximum Gasteiger partial charge on any atom is 0.343 e. The highest BCUT2D eigenvalue weighted by Crippen LogP contribution is 2.42. The van der Waals surface area contributed by atoms with Gasteiger partial charge in [-0.25, -0.2) is 4.79 Å². The zero-order chi connectivity index (χ0) is 8.48. The molecular formula is C6H8BrNO2S. The number of hydrogen-bond donors (Lipinski definition) is 2. The third kappa shape index (κ3) is 1.90. The average Bonchev–Trinajstić information content (AvgIpc) is 2.33. The topological polar surface area (TPSA) is 49.3 Å². The van der Waals surface area contributed by atoms with Crippen molar-refractivity contribution in [2.75, 3.05) is 0 Å². The normalized spacial score (nSPS) is 29.5. The molecule has 0 fully saturated rings. The van der Waals surface area contributed by atoms with Crippen LogP contribution < -0.4 is 5.32 Å². The van der Waals surface area contributed by atoms with Crippen LogP contribution in [0.1, 0.15) is 13.3 Å². The zero-order valence-corrected chi connectivity index (χ0v) is 8.33. The van der Waals surface area contributed by atoms with E-state index in [1.165, 1.54) is 18.0 Å². The Kier molecular flexibility index (Phi) is 2.49. The predicted molar refractivity (Wildman–Crippen MR) is 48.4 cm³/mol. The lowest BCUT2D eigenvalue weighted by Crippen LogP contribution is -2.26. The molecule has 3 nitrogen and oxygen atoms in total. The van der Waals surface area contributed by atoms with Crippen LogP contribution in [0.3, 0.4) is 0 Å². The van der Waals surface area contributed by atoms with Crippen molar-refractivity contribution in [2.45, 2.75) is 17.1 Å². The summed E-state index contributed by atoms with van der Waals surface area (Å²) in [6.45, 7) is 1.98. The number of carboxylic acids is 1. The molecule has 2 N–H and O–H groups in total. The molecule has 1 rings (SSSR count). The fourth-order valence-electron chi connectivity index (χ4n) is 0.686. The standard InChI is InChI=1S/C6H8BrNO2S/c1-2-6(7)8-3-4(11-6)5(9)10/h3,8H,2H2,1H3,(H,9,10). The van der Waals surface area contributed by atoms with E-state index < -0.39 is 5.97 Å². The lowest BCUT2D eigenvalue weighted by Gasteiger charge is -2.18. The summed E-state index contributed by atoms with van der Waals surface area (Å²) in [5.41, 5.74) is 0. The minimum absolute atomic E-state index is 0.305. The molecule has 1 unspecified atom stereocenters. The van der Waals surface area contributed by atoms with E-state index in [1.807, 2.05) is 6.92 Å². The molecule has 1 aliphatic rings. The number of nitrogens with one attached hydrogen (secondary N) is 1. The summed E-state index contributed by atoms with van der Waals surface area (Å²) in [5, 5.41) is 11.5. The number of aliphatic carboxylic acids is 1. The highest BCUT2D eigenvalue weighted by molar-refractivity contribution is 9.12. The number of hydrogen-bond acceptors (Lipinski definition) is 3. The van der Waals surface area contributed by atoms with Gasteiger partial charge in [0, 0.05) is 6.20 Å². The highest BCUT2D eigenvalue weighted by Gasteiger charge is 2.33. The van der Waals surface area contributed by atoms with Crippen molar-refractivity contribution in [1.82, 2.24) is 5.32 Å². The van der Waals surface area contributed by atoms with Crippen LogP contribution in [0.5, 0.6) is 0 Å². The summed E-state index contributed by atoms with van der Waals surface area (Å²) in [6, 6.07) is 0. The Morgan fingerprint density at radius 2 is 2.64 bits per heavy atom. The molecule has 0 aromatic carbocycles. The molecule has 1 heterocycles. The van der Waals surface area contributed by atoms with Gasteiger partial charge in [-0.05, 0) is 22.4 Å². The SMILES string of the molecule is CCC1(Br)NC=C(C(=O)O)S1. The van der Waals surface area contributed by atoms with Crippen molar-refractivity contribution in [3.05, 3.63) is 11.1 Å². The number of thioether (sulfide) groups is 1. The second kappa shape index (κ2) is 3.06. The summed E-state index contributed by atoms with van der Waals surface area (Å²) >= 11 is 4.68. The lowest BCUT2D eigenvalue weighted by atomic mass is 10.5. The van der Waals surface area contributed by atoms with E-state index in [1.54, 1.807) is 0 Å². The number of alkyl halides is 1. The first-order valence-corrected chi connectivity index (χ1v) is 4.77. The first-order chi connectivity index (χ1) is 5.07. The molecule has 0 saturated heterocycles. The Balaban J connectivity index is 2.62. The van der Waals surface area contributed by atoms with E-state index >= 15 is 0 Å². The third-order valence-electron chi connectivity index (χ3n) is 1.36. The monoisotopic (exact) mass is 237 g/mol. The summed E-state index contributed by atoms with van der Waals surface area (Å²) in [4.78, 5) is 10.8. The van der Waals surface area contributed by atoms with Crippen molar-refractivity contribution < 1.29 is 9.90 Å². The maximum atomic E-state index is 10.5. The van der Waals surface area contributed by atoms with Crippen LogP contribution in [0.2, 0.25) is 0 Å². The van der Waals surface area contributed by atoms with Crippen molar-refractivity contribution >= 4 is 33.7 Å². The molecule has 0 aliphatic carbocycles. The second-order valence-electron chi connectivity index (χ2n) is 2.14. The second-order valence-corrected chi connectivity index (χ2v) is 5.36. The fourth-order valence-corrected chi connectivity index (χ4v) is 2.14. The molecule has 1 aliphatic heterocycles. The number of halogens is 1. The summed E-state index contributed by atoms with van der Waals surface area (Å²) < 4.78 is -0.305. The fraction of sp³-hybridized carbons (Fsp3) is 0.500. The van der Waals surface area contributed by atoms with Crippen LogP contribution in [-0.2, 0) is 4.79 Å². The third-order valence-corrected chi connectivity index (χ3v) is 3.87. The number of carboxylic acid groups (broad SMARTS) is 1. The minimum Gasteiger partial charge on any atom is -0.477 e. The number of carbonyl (C=O) groups is 1. The first kappa shape index (κ1) is 8.93. The van der Waals surface area contributed by atoms with Gasteiger partial charge in [-0.3, -0.25) is 0 Å². The van der Waals surface area contributed by atoms with E-state index in [0.29, 0.717) is 4.91 Å². The molecule has 0 aromatic heterocycles. The Bertz CT molecular complexity index is 219. The molecule has 0 radical (unpaired) electrons. The van der Waals surface area contributed by atoms with Crippen molar-refractivity contribution in [1.29, 1.82) is 0 Å². The zero-order valence-electron chi connectivity index (χ0n) is 5.93. The Hall–Kier alpha value is -0.160. The molecule has 0 amide bonds. The van der Waals surface area contributed by atoms with Crippen LogP contribution in [0.15, 0.2) is 11.1 Å². The Labute approximate surface area is 77.4 Å². The van der Waals surface area contributed by atoms with Crippen molar-refractivity contribution in [3.63, 3.8) is 0 Å². The van der Waals surface area contributed by atoms with Gasteiger partial charge in [0.05, 0.1) is 0 Å². The predicted octanol–water partition coefficient (Wildman–Crippen LogP) is 1.71. The molecule has 0 aromatic rings. The average molecular weight is 238 g/mol. The smallest absolute Gasteiger partial charge is 0.343 e. The molecule has 0 saturated carbocycles. The Morgan fingerprint density at radius 1 is 2.00 bits per heavy atom. The van der Waals surface area contributed by atoms with Gasteiger partial charge >= 0.3 is 5.97 Å². The highest BCUT2D eigenvalue weighted by atomic mass is 79.9. The van der Waals surface area contributed by atoms with Gasteiger partial charge in [-0.2, -0.15) is 0 Å². The number of rotatable bonds is 2. The van der Waals surface area contributed by atoms with E-state index in [0.717, 1.165) is 6.42 Å². The van der Waals surface area contributed by atoms with Crippen LogP contribution >= 0.6 is 27.7 Å². The van der Waals surface area contributed by atoms with Gasteiger partial charge < -0.3 is 10.4 Å². The Morgan fingerprint density at radius 3 is 2.91 bits per heavy atom. The molecule has 11 heavy (non-hydrogen) atoms. The van der Waals surface area contributed by atoms with Crippen LogP contribution in [0.4, 0.5) is 0 Å². The van der Waals surface area contributed by atoms with Gasteiger partial charge in [0.25, 0.3) is 0 Å². The molecule has 62 valence electrons. The van der Waals surface area contributed by atoms with Crippen LogP contribution in [0, 0.1) is 0 Å². The summed E-state index contributed by atoms with van der Waals surface area (Å²) in [7, 11) is 0. The van der Waals surface area contributed by atoms with Crippen molar-refractivity contribution in [3.8, 4) is 0 Å². The van der Waals surface area contributed by atoms with E-state index in [9.17, 15) is 4.79 Å². The summed E-state index contributed by atoms with van der Waals surface area (Å²) in [6.07, 6.45) is 2.34. The van der Waals surface area contributed by atoms with E-state index in [2.05, 4.69) is 21.2 Å². The molecule has 1 atom stereocenters. The van der Waals surface area contributed by atoms with Gasteiger partial charge in [0.2, 0.25) is 0 Å². The quantitative estimate of drug-likeness (QED) is 0.568. The van der Waals surface area contributed by atoms with Crippen LogP contribution in [0.25, 0.3) is 0 Å². The van der Waals surface area contributed by atoms with Gasteiger partial charge in [-0.1, -0.05) is 18.7 Å². The van der Waals surface area contributed by atoms with Crippen LogP contribution in [-0.4, -0.2) is 14.9 Å². The van der Waals surface area contributed by atoms with E-state index in [4.69, 9.17) is 5.11 Å². The minimum atomic E-state index is -0.878. The maximum absolute atomic E-state index is 10.5. The van der Waals surface area contributed by atoms with Gasteiger partial charge in [0.1, 0.15) is 8.69 Å². The van der Waals surface area contributed by atoms with Gasteiger partial charge in [-0.15, -0.1) is 0 Å². The molecule has 0 bridgehead atoms.